The zero-order valence-corrected chi connectivity index (χ0v) is 18.5. The quantitative estimate of drug-likeness (QED) is 0.640. The van der Waals surface area contributed by atoms with Crippen molar-refractivity contribution in [2.45, 2.75) is 31.1 Å². The number of aryl methyl sites for hydroxylation is 1. The Kier molecular flexibility index (Phi) is 5.77. The fraction of sp³-hybridized carbons (Fsp3) is 0.333. The molecule has 0 saturated carbocycles. The number of amides is 1. The molecule has 2 heterocycles. The monoisotopic (exact) mass is 445 g/mol. The Bertz CT molecular complexity index is 1180. The number of thiazole rings is 1. The molecule has 3 aromatic rings. The first-order valence-electron chi connectivity index (χ1n) is 9.76. The van der Waals surface area contributed by atoms with Crippen molar-refractivity contribution < 1.29 is 17.9 Å². The van der Waals surface area contributed by atoms with Crippen molar-refractivity contribution in [2.24, 2.45) is 0 Å². The van der Waals surface area contributed by atoms with Crippen LogP contribution in [0.25, 0.3) is 10.2 Å². The number of anilines is 1. The van der Waals surface area contributed by atoms with Crippen LogP contribution in [-0.2, 0) is 10.0 Å². The van der Waals surface area contributed by atoms with E-state index in [-0.39, 0.29) is 10.8 Å². The summed E-state index contributed by atoms with van der Waals surface area (Å²) in [6.45, 7) is 3.07. The number of benzene rings is 2. The van der Waals surface area contributed by atoms with E-state index in [4.69, 9.17) is 4.74 Å². The van der Waals surface area contributed by atoms with E-state index in [9.17, 15) is 13.2 Å². The average Bonchev–Trinajstić information content (AvgIpc) is 3.19. The number of hydrogen-bond donors (Lipinski definition) is 1. The van der Waals surface area contributed by atoms with Crippen LogP contribution < -0.4 is 10.1 Å². The molecule has 30 heavy (non-hydrogen) atoms. The van der Waals surface area contributed by atoms with Crippen LogP contribution in [0.5, 0.6) is 5.75 Å². The first-order chi connectivity index (χ1) is 14.4. The molecule has 1 aliphatic rings. The van der Waals surface area contributed by atoms with E-state index in [1.165, 1.54) is 39.9 Å². The van der Waals surface area contributed by atoms with Crippen LogP contribution >= 0.6 is 11.3 Å². The van der Waals surface area contributed by atoms with Crippen molar-refractivity contribution >= 4 is 42.6 Å². The van der Waals surface area contributed by atoms with Crippen molar-refractivity contribution in [2.75, 3.05) is 25.5 Å². The van der Waals surface area contributed by atoms with E-state index in [0.29, 0.717) is 35.1 Å². The minimum absolute atomic E-state index is 0.210. The summed E-state index contributed by atoms with van der Waals surface area (Å²) in [5, 5.41) is 3.27. The molecule has 0 unspecified atom stereocenters. The van der Waals surface area contributed by atoms with Crippen LogP contribution in [0.2, 0.25) is 0 Å². The molecule has 0 aliphatic carbocycles. The van der Waals surface area contributed by atoms with Crippen LogP contribution in [0.15, 0.2) is 41.3 Å². The number of carbonyl (C=O) groups excluding carboxylic acids is 1. The number of aromatic nitrogens is 1. The van der Waals surface area contributed by atoms with Gasteiger partial charge in [0.1, 0.15) is 11.3 Å². The maximum atomic E-state index is 12.8. The lowest BCUT2D eigenvalue weighted by atomic mass is 10.2. The topological polar surface area (TPSA) is 88.6 Å². The molecule has 1 saturated heterocycles. The second-order valence-electron chi connectivity index (χ2n) is 7.22. The van der Waals surface area contributed by atoms with E-state index in [0.717, 1.165) is 29.5 Å². The lowest BCUT2D eigenvalue weighted by Crippen LogP contribution is -2.35. The molecule has 1 aromatic heterocycles. The average molecular weight is 446 g/mol. The van der Waals surface area contributed by atoms with Gasteiger partial charge in [0, 0.05) is 18.7 Å². The molecule has 0 spiro atoms. The summed E-state index contributed by atoms with van der Waals surface area (Å²) in [4.78, 5) is 17.4. The van der Waals surface area contributed by atoms with Crippen LogP contribution in [-0.4, -0.2) is 43.8 Å². The fourth-order valence-corrected chi connectivity index (χ4v) is 5.99. The number of methoxy groups -OCH3 is 1. The Morgan fingerprint density at radius 1 is 1.10 bits per heavy atom. The smallest absolute Gasteiger partial charge is 0.257 e. The minimum Gasteiger partial charge on any atom is -0.494 e. The first-order valence-corrected chi connectivity index (χ1v) is 12.0. The number of ether oxygens (including phenoxy) is 1. The Labute approximate surface area is 179 Å². The highest BCUT2D eigenvalue weighted by Gasteiger charge is 2.26. The van der Waals surface area contributed by atoms with Gasteiger partial charge in [-0.25, -0.2) is 13.4 Å². The SMILES string of the molecule is COc1ccc(C)c2sc(NC(=O)c3ccc(S(=O)(=O)N4CCCCC4)cc3)nc12. The van der Waals surface area contributed by atoms with Crippen LogP contribution in [0.3, 0.4) is 0 Å². The number of rotatable bonds is 5. The van der Waals surface area contributed by atoms with E-state index >= 15 is 0 Å². The molecule has 1 aliphatic heterocycles. The predicted octanol–water partition coefficient (Wildman–Crippen LogP) is 4.04. The maximum Gasteiger partial charge on any atom is 0.257 e. The number of nitrogens with zero attached hydrogens (tertiary/aromatic N) is 2. The molecule has 1 fully saturated rings. The summed E-state index contributed by atoms with van der Waals surface area (Å²) >= 11 is 1.38. The summed E-state index contributed by atoms with van der Waals surface area (Å²) in [7, 11) is -1.93. The fourth-order valence-electron chi connectivity index (χ4n) is 3.53. The molecule has 4 rings (SSSR count). The van der Waals surface area contributed by atoms with Gasteiger partial charge in [0.15, 0.2) is 5.13 Å². The molecule has 9 heteroatoms. The molecular formula is C21H23N3O4S2. The highest BCUT2D eigenvalue weighted by molar-refractivity contribution is 7.89. The molecule has 158 valence electrons. The second kappa shape index (κ2) is 8.33. The number of fused-ring (bicyclic) bond motifs is 1. The van der Waals surface area contributed by atoms with Crippen LogP contribution in [0.4, 0.5) is 5.13 Å². The van der Waals surface area contributed by atoms with Crippen molar-refractivity contribution in [3.63, 3.8) is 0 Å². The standard InChI is InChI=1S/C21H23N3O4S2/c1-14-6-11-17(28-2)18-19(14)29-21(22-18)23-20(25)15-7-9-16(10-8-15)30(26,27)24-12-4-3-5-13-24/h6-11H,3-5,12-13H2,1-2H3,(H,22,23,25). The predicted molar refractivity (Wildman–Crippen MR) is 118 cm³/mol. The number of carbonyl (C=O) groups is 1. The molecule has 0 radical (unpaired) electrons. The van der Waals surface area contributed by atoms with Crippen molar-refractivity contribution in [1.29, 1.82) is 0 Å². The van der Waals surface area contributed by atoms with Crippen molar-refractivity contribution in [1.82, 2.24) is 9.29 Å². The maximum absolute atomic E-state index is 12.8. The first kappa shape index (κ1) is 20.8. The van der Waals surface area contributed by atoms with E-state index in [1.807, 2.05) is 19.1 Å². The van der Waals surface area contributed by atoms with Gasteiger partial charge in [-0.1, -0.05) is 23.8 Å². The van der Waals surface area contributed by atoms with Gasteiger partial charge >= 0.3 is 0 Å². The molecule has 2 aromatic carbocycles. The molecule has 1 amide bonds. The van der Waals surface area contributed by atoms with Gasteiger partial charge in [0.2, 0.25) is 10.0 Å². The summed E-state index contributed by atoms with van der Waals surface area (Å²) < 4.78 is 33.3. The normalized spacial score (nSPS) is 15.3. The lowest BCUT2D eigenvalue weighted by Gasteiger charge is -2.25. The second-order valence-corrected chi connectivity index (χ2v) is 10.2. The third-order valence-corrected chi connectivity index (χ3v) is 8.23. The minimum atomic E-state index is -3.52. The molecule has 0 bridgehead atoms. The Balaban J connectivity index is 1.53. The van der Waals surface area contributed by atoms with Crippen LogP contribution in [0.1, 0.15) is 35.2 Å². The van der Waals surface area contributed by atoms with Gasteiger partial charge in [0.25, 0.3) is 5.91 Å². The van der Waals surface area contributed by atoms with Gasteiger partial charge in [0.05, 0.1) is 16.7 Å². The highest BCUT2D eigenvalue weighted by Crippen LogP contribution is 2.35. The van der Waals surface area contributed by atoms with E-state index in [2.05, 4.69) is 10.3 Å². The molecule has 1 N–H and O–H groups in total. The van der Waals surface area contributed by atoms with Crippen molar-refractivity contribution in [3.8, 4) is 5.75 Å². The summed E-state index contributed by atoms with van der Waals surface area (Å²) in [5.41, 5.74) is 2.13. The Morgan fingerprint density at radius 2 is 1.80 bits per heavy atom. The highest BCUT2D eigenvalue weighted by atomic mass is 32.2. The molecule has 0 atom stereocenters. The summed E-state index contributed by atoms with van der Waals surface area (Å²) in [6.07, 6.45) is 2.82. The van der Waals surface area contributed by atoms with Crippen molar-refractivity contribution in [3.05, 3.63) is 47.5 Å². The number of nitrogens with one attached hydrogen (secondary N) is 1. The van der Waals surface area contributed by atoms with Crippen LogP contribution in [0, 0.1) is 6.92 Å². The van der Waals surface area contributed by atoms with Gasteiger partial charge in [-0.15, -0.1) is 0 Å². The largest absolute Gasteiger partial charge is 0.494 e. The summed E-state index contributed by atoms with van der Waals surface area (Å²) in [6, 6.07) is 9.85. The van der Waals surface area contributed by atoms with Gasteiger partial charge in [-0.2, -0.15) is 4.31 Å². The zero-order chi connectivity index (χ0) is 21.3. The lowest BCUT2D eigenvalue weighted by molar-refractivity contribution is 0.102. The third kappa shape index (κ3) is 3.92. The third-order valence-electron chi connectivity index (χ3n) is 5.21. The van der Waals surface area contributed by atoms with Gasteiger partial charge < -0.3 is 4.74 Å². The van der Waals surface area contributed by atoms with E-state index in [1.54, 1.807) is 7.11 Å². The van der Waals surface area contributed by atoms with E-state index < -0.39 is 10.0 Å². The molecule has 7 nitrogen and oxygen atoms in total. The Morgan fingerprint density at radius 3 is 2.47 bits per heavy atom. The zero-order valence-electron chi connectivity index (χ0n) is 16.8. The summed E-state index contributed by atoms with van der Waals surface area (Å²) in [5.74, 6) is 0.312. The Hall–Kier alpha value is -2.49. The molecular weight excluding hydrogens is 422 g/mol. The number of piperidine rings is 1. The van der Waals surface area contributed by atoms with Gasteiger partial charge in [-0.05, 0) is 55.7 Å². The number of sulfonamides is 1. The van der Waals surface area contributed by atoms with Gasteiger partial charge in [-0.3, -0.25) is 10.1 Å². The number of hydrogen-bond acceptors (Lipinski definition) is 6.